The molecule has 2 atom stereocenters. The van der Waals surface area contributed by atoms with Gasteiger partial charge in [-0.3, -0.25) is 9.59 Å². The molecule has 0 aromatic heterocycles. The predicted octanol–water partition coefficient (Wildman–Crippen LogP) is 4.45. The molecule has 2 aromatic carbocycles. The monoisotopic (exact) mass is 452 g/mol. The molecule has 0 radical (unpaired) electrons. The molecule has 1 aliphatic rings. The van der Waals surface area contributed by atoms with E-state index in [0.29, 0.717) is 12.8 Å². The van der Waals surface area contributed by atoms with Crippen molar-refractivity contribution in [3.63, 3.8) is 0 Å². The average molecular weight is 453 g/mol. The third-order valence-corrected chi connectivity index (χ3v) is 6.01. The number of carboxylic acids is 1. The van der Waals surface area contributed by atoms with Crippen LogP contribution < -0.4 is 10.6 Å². The molecule has 2 aromatic rings. The number of hydrogen-bond acceptors (Lipinski definition) is 4. The lowest BCUT2D eigenvalue weighted by Crippen LogP contribution is -2.42. The van der Waals surface area contributed by atoms with E-state index in [2.05, 4.69) is 34.9 Å². The van der Waals surface area contributed by atoms with Crippen LogP contribution in [0.5, 0.6) is 0 Å². The minimum Gasteiger partial charge on any atom is -0.481 e. The highest BCUT2D eigenvalue weighted by Crippen LogP contribution is 2.44. The molecule has 3 N–H and O–H groups in total. The maximum Gasteiger partial charge on any atom is 0.407 e. The quantitative estimate of drug-likeness (QED) is 0.467. The van der Waals surface area contributed by atoms with Crippen LogP contribution in [-0.2, 0) is 14.3 Å². The van der Waals surface area contributed by atoms with Crippen molar-refractivity contribution >= 4 is 18.0 Å². The molecule has 7 heteroatoms. The van der Waals surface area contributed by atoms with Crippen molar-refractivity contribution in [3.8, 4) is 11.1 Å². The third-order valence-electron chi connectivity index (χ3n) is 6.01. The van der Waals surface area contributed by atoms with Crippen molar-refractivity contribution in [1.82, 2.24) is 10.6 Å². The van der Waals surface area contributed by atoms with E-state index in [-0.39, 0.29) is 37.3 Å². The molecule has 3 rings (SSSR count). The number of carbonyl (C=O) groups excluding carboxylic acids is 2. The number of aliphatic carboxylic acids is 1. The molecule has 0 heterocycles. The van der Waals surface area contributed by atoms with Gasteiger partial charge in [0.1, 0.15) is 6.61 Å². The lowest BCUT2D eigenvalue weighted by Gasteiger charge is -2.21. The van der Waals surface area contributed by atoms with E-state index in [1.54, 1.807) is 0 Å². The number of rotatable bonds is 11. The van der Waals surface area contributed by atoms with Gasteiger partial charge < -0.3 is 20.5 Å². The van der Waals surface area contributed by atoms with E-state index in [1.165, 1.54) is 0 Å². The highest BCUT2D eigenvalue weighted by molar-refractivity contribution is 5.80. The van der Waals surface area contributed by atoms with Gasteiger partial charge >= 0.3 is 12.1 Å². The second-order valence-electron chi connectivity index (χ2n) is 8.43. The third kappa shape index (κ3) is 6.34. The van der Waals surface area contributed by atoms with Crippen molar-refractivity contribution in [2.75, 3.05) is 6.61 Å². The Bertz CT molecular complexity index is 945. The summed E-state index contributed by atoms with van der Waals surface area (Å²) in [6.07, 6.45) is 1.33. The van der Waals surface area contributed by atoms with Gasteiger partial charge in [0.25, 0.3) is 0 Å². The predicted molar refractivity (Wildman–Crippen MR) is 126 cm³/mol. The standard InChI is InChI=1S/C26H32N2O5/c1-3-9-18(14-24(29)27-17(4-2)15-25(30)31)28-26(32)33-16-23-21-12-7-5-10-19(21)20-11-6-8-13-22(20)23/h5-8,10-13,17-18,23H,3-4,9,14-16H2,1-2H3,(H,27,29)(H,28,32)(H,30,31). The Morgan fingerprint density at radius 2 is 1.52 bits per heavy atom. The Labute approximate surface area is 194 Å². The number of alkyl carbamates (subject to hydrolysis) is 1. The van der Waals surface area contributed by atoms with E-state index in [0.717, 1.165) is 28.7 Å². The second kappa shape index (κ2) is 11.5. The van der Waals surface area contributed by atoms with Crippen LogP contribution in [0.1, 0.15) is 63.0 Å². The molecule has 7 nitrogen and oxygen atoms in total. The normalized spacial score (nSPS) is 14.0. The van der Waals surface area contributed by atoms with Gasteiger partial charge in [0, 0.05) is 24.4 Å². The number of hydrogen-bond donors (Lipinski definition) is 3. The molecular weight excluding hydrogens is 420 g/mol. The largest absolute Gasteiger partial charge is 0.481 e. The van der Waals surface area contributed by atoms with Gasteiger partial charge in [-0.05, 0) is 35.1 Å². The summed E-state index contributed by atoms with van der Waals surface area (Å²) in [5.74, 6) is -1.26. The molecule has 0 spiro atoms. The first kappa shape index (κ1) is 24.3. The maximum atomic E-state index is 12.6. The summed E-state index contributed by atoms with van der Waals surface area (Å²) >= 11 is 0. The van der Waals surface area contributed by atoms with Crippen molar-refractivity contribution in [3.05, 3.63) is 59.7 Å². The van der Waals surface area contributed by atoms with Gasteiger partial charge in [0.15, 0.2) is 0 Å². The second-order valence-corrected chi connectivity index (χ2v) is 8.43. The number of fused-ring (bicyclic) bond motifs is 3. The highest BCUT2D eigenvalue weighted by atomic mass is 16.5. The lowest BCUT2D eigenvalue weighted by atomic mass is 9.98. The van der Waals surface area contributed by atoms with Gasteiger partial charge in [-0.2, -0.15) is 0 Å². The summed E-state index contributed by atoms with van der Waals surface area (Å²) in [6.45, 7) is 4.01. The Morgan fingerprint density at radius 3 is 2.06 bits per heavy atom. The molecule has 1 aliphatic carbocycles. The summed E-state index contributed by atoms with van der Waals surface area (Å²) in [7, 11) is 0. The first-order valence-electron chi connectivity index (χ1n) is 11.6. The van der Waals surface area contributed by atoms with Crippen LogP contribution >= 0.6 is 0 Å². The summed E-state index contributed by atoms with van der Waals surface area (Å²) in [5.41, 5.74) is 4.60. The van der Waals surface area contributed by atoms with Gasteiger partial charge in [-0.25, -0.2) is 4.79 Å². The number of carboxylic acid groups (broad SMARTS) is 1. The fourth-order valence-corrected chi connectivity index (χ4v) is 4.40. The summed E-state index contributed by atoms with van der Waals surface area (Å²) < 4.78 is 5.59. The van der Waals surface area contributed by atoms with Crippen molar-refractivity contribution in [2.45, 2.75) is 64.0 Å². The van der Waals surface area contributed by atoms with Crippen LogP contribution in [0.2, 0.25) is 0 Å². The molecule has 0 saturated heterocycles. The zero-order chi connectivity index (χ0) is 23.8. The minimum absolute atomic E-state index is 0.0302. The Morgan fingerprint density at radius 1 is 0.909 bits per heavy atom. The van der Waals surface area contributed by atoms with Crippen LogP contribution in [0, 0.1) is 0 Å². The number of ether oxygens (including phenoxy) is 1. The van der Waals surface area contributed by atoms with Crippen LogP contribution in [0.15, 0.2) is 48.5 Å². The van der Waals surface area contributed by atoms with Crippen LogP contribution in [0.25, 0.3) is 11.1 Å². The molecule has 2 amide bonds. The topological polar surface area (TPSA) is 105 Å². The first-order chi connectivity index (χ1) is 15.9. The van der Waals surface area contributed by atoms with Gasteiger partial charge in [0.05, 0.1) is 6.42 Å². The van der Waals surface area contributed by atoms with Crippen LogP contribution in [0.3, 0.4) is 0 Å². The van der Waals surface area contributed by atoms with Crippen LogP contribution in [-0.4, -0.2) is 41.8 Å². The van der Waals surface area contributed by atoms with Crippen molar-refractivity contribution < 1.29 is 24.2 Å². The molecule has 0 fully saturated rings. The van der Waals surface area contributed by atoms with E-state index < -0.39 is 18.1 Å². The Balaban J connectivity index is 1.57. The molecule has 0 bridgehead atoms. The van der Waals surface area contributed by atoms with E-state index in [9.17, 15) is 14.4 Å². The zero-order valence-corrected chi connectivity index (χ0v) is 19.2. The van der Waals surface area contributed by atoms with E-state index in [4.69, 9.17) is 9.84 Å². The Hall–Kier alpha value is -3.35. The molecule has 0 saturated carbocycles. The number of nitrogens with one attached hydrogen (secondary N) is 2. The first-order valence-corrected chi connectivity index (χ1v) is 11.6. The van der Waals surface area contributed by atoms with Crippen molar-refractivity contribution in [1.29, 1.82) is 0 Å². The fourth-order valence-electron chi connectivity index (χ4n) is 4.40. The SMILES string of the molecule is CCCC(CC(=O)NC(CC)CC(=O)O)NC(=O)OCC1c2ccccc2-c2ccccc21. The van der Waals surface area contributed by atoms with Crippen molar-refractivity contribution in [2.24, 2.45) is 0 Å². The van der Waals surface area contributed by atoms with Gasteiger partial charge in [-0.15, -0.1) is 0 Å². The minimum atomic E-state index is -0.955. The number of benzene rings is 2. The van der Waals surface area contributed by atoms with Crippen LogP contribution in [0.4, 0.5) is 4.79 Å². The van der Waals surface area contributed by atoms with E-state index in [1.807, 2.05) is 38.1 Å². The lowest BCUT2D eigenvalue weighted by molar-refractivity contribution is -0.137. The summed E-state index contributed by atoms with van der Waals surface area (Å²) in [4.78, 5) is 35.9. The average Bonchev–Trinajstić information content (AvgIpc) is 3.11. The zero-order valence-electron chi connectivity index (χ0n) is 19.2. The Kier molecular flexibility index (Phi) is 8.46. The summed E-state index contributed by atoms with van der Waals surface area (Å²) in [5, 5.41) is 14.5. The summed E-state index contributed by atoms with van der Waals surface area (Å²) in [6, 6.07) is 15.5. The highest BCUT2D eigenvalue weighted by Gasteiger charge is 2.29. The number of carbonyl (C=O) groups is 3. The molecule has 2 unspecified atom stereocenters. The smallest absolute Gasteiger partial charge is 0.407 e. The molecule has 176 valence electrons. The number of amides is 2. The van der Waals surface area contributed by atoms with Gasteiger partial charge in [-0.1, -0.05) is 68.8 Å². The maximum absolute atomic E-state index is 12.6. The van der Waals surface area contributed by atoms with Gasteiger partial charge in [0.2, 0.25) is 5.91 Å². The molecule has 0 aliphatic heterocycles. The van der Waals surface area contributed by atoms with E-state index >= 15 is 0 Å². The molecule has 33 heavy (non-hydrogen) atoms. The molecular formula is C26H32N2O5. The fraction of sp³-hybridized carbons (Fsp3) is 0.423.